The Morgan fingerprint density at radius 2 is 2.00 bits per heavy atom. The molecule has 1 heterocycles. The van der Waals surface area contributed by atoms with Crippen LogP contribution in [0.25, 0.3) is 0 Å². The van der Waals surface area contributed by atoms with E-state index in [1.165, 1.54) is 10.6 Å². The van der Waals surface area contributed by atoms with Gasteiger partial charge < -0.3 is 0 Å². The summed E-state index contributed by atoms with van der Waals surface area (Å²) in [4.78, 5) is 2.31. The van der Waals surface area contributed by atoms with Crippen LogP contribution in [-0.2, 0) is 10.0 Å². The molecule has 14 heavy (non-hydrogen) atoms. The van der Waals surface area contributed by atoms with Gasteiger partial charge in [-0.25, -0.2) is 12.7 Å². The largest absolute Gasteiger partial charge is 0.299 e. The normalized spacial score (nSPS) is 25.1. The maximum Gasteiger partial charge on any atom is 0.211 e. The summed E-state index contributed by atoms with van der Waals surface area (Å²) >= 11 is 0. The topological polar surface area (TPSA) is 40.6 Å². The third-order valence-electron chi connectivity index (χ3n) is 2.96. The molecule has 0 spiro atoms. The van der Waals surface area contributed by atoms with Crippen LogP contribution in [0.5, 0.6) is 0 Å². The van der Waals surface area contributed by atoms with E-state index in [0.717, 1.165) is 19.5 Å². The van der Waals surface area contributed by atoms with Crippen LogP contribution in [0.3, 0.4) is 0 Å². The van der Waals surface area contributed by atoms with E-state index < -0.39 is 10.0 Å². The summed E-state index contributed by atoms with van der Waals surface area (Å²) < 4.78 is 24.1. The molecule has 84 valence electrons. The molecular weight excluding hydrogens is 200 g/mol. The fourth-order valence-electron chi connectivity index (χ4n) is 1.80. The third-order valence-corrected chi connectivity index (χ3v) is 4.31. The van der Waals surface area contributed by atoms with E-state index in [4.69, 9.17) is 0 Å². The lowest BCUT2D eigenvalue weighted by Crippen LogP contribution is -2.39. The van der Waals surface area contributed by atoms with E-state index in [1.807, 2.05) is 0 Å². The molecule has 1 fully saturated rings. The van der Waals surface area contributed by atoms with Gasteiger partial charge >= 0.3 is 0 Å². The quantitative estimate of drug-likeness (QED) is 0.689. The first-order valence-electron chi connectivity index (χ1n) is 4.99. The molecule has 0 saturated carbocycles. The first-order valence-corrected chi connectivity index (χ1v) is 6.84. The molecular formula is C9H20N2O2S. The lowest BCUT2D eigenvalue weighted by molar-refractivity contribution is 0.256. The van der Waals surface area contributed by atoms with Crippen molar-refractivity contribution in [3.63, 3.8) is 0 Å². The van der Waals surface area contributed by atoms with Crippen LogP contribution in [0.2, 0.25) is 0 Å². The molecule has 0 unspecified atom stereocenters. The van der Waals surface area contributed by atoms with Crippen LogP contribution < -0.4 is 0 Å². The number of likely N-dealkylation sites (tertiary alicyclic amines) is 1. The second-order valence-corrected chi connectivity index (χ2v) is 6.35. The molecule has 1 saturated heterocycles. The van der Waals surface area contributed by atoms with Crippen molar-refractivity contribution in [1.82, 2.24) is 9.21 Å². The Hall–Kier alpha value is -0.130. The third kappa shape index (κ3) is 2.68. The van der Waals surface area contributed by atoms with Gasteiger partial charge in [0.1, 0.15) is 0 Å². The smallest absolute Gasteiger partial charge is 0.211 e. The summed E-state index contributed by atoms with van der Waals surface area (Å²) in [5.41, 5.74) is 0. The first kappa shape index (κ1) is 11.9. The van der Waals surface area contributed by atoms with E-state index in [0.29, 0.717) is 6.04 Å². The maximum absolute atomic E-state index is 11.3. The van der Waals surface area contributed by atoms with Crippen molar-refractivity contribution in [2.45, 2.75) is 32.4 Å². The monoisotopic (exact) mass is 220 g/mol. The highest BCUT2D eigenvalue weighted by Gasteiger charge is 2.30. The number of hydrogen-bond donors (Lipinski definition) is 0. The zero-order valence-corrected chi connectivity index (χ0v) is 10.2. The van der Waals surface area contributed by atoms with Crippen molar-refractivity contribution >= 4 is 10.0 Å². The Morgan fingerprint density at radius 3 is 2.36 bits per heavy atom. The second-order valence-electron chi connectivity index (χ2n) is 4.31. The Labute approximate surface area is 86.9 Å². The van der Waals surface area contributed by atoms with Crippen molar-refractivity contribution in [2.24, 2.45) is 0 Å². The lowest BCUT2D eigenvalue weighted by atomic mass is 10.3. The van der Waals surface area contributed by atoms with E-state index in [1.54, 1.807) is 7.05 Å². The van der Waals surface area contributed by atoms with Gasteiger partial charge in [-0.2, -0.15) is 0 Å². The highest BCUT2D eigenvalue weighted by atomic mass is 32.2. The van der Waals surface area contributed by atoms with Gasteiger partial charge in [-0.15, -0.1) is 0 Å². The fourth-order valence-corrected chi connectivity index (χ4v) is 2.52. The first-order chi connectivity index (χ1) is 6.32. The van der Waals surface area contributed by atoms with Crippen molar-refractivity contribution < 1.29 is 8.42 Å². The molecule has 5 heteroatoms. The van der Waals surface area contributed by atoms with E-state index in [2.05, 4.69) is 18.7 Å². The Kier molecular flexibility index (Phi) is 3.55. The molecule has 0 aromatic rings. The van der Waals surface area contributed by atoms with Crippen molar-refractivity contribution in [3.05, 3.63) is 0 Å². The summed E-state index contributed by atoms with van der Waals surface area (Å²) in [6.45, 7) is 6.15. The van der Waals surface area contributed by atoms with Crippen LogP contribution in [0.15, 0.2) is 0 Å². The number of rotatable bonds is 3. The molecule has 0 bridgehead atoms. The van der Waals surface area contributed by atoms with Crippen molar-refractivity contribution in [1.29, 1.82) is 0 Å². The van der Waals surface area contributed by atoms with Crippen molar-refractivity contribution in [3.8, 4) is 0 Å². The summed E-state index contributed by atoms with van der Waals surface area (Å²) in [5.74, 6) is 0. The number of likely N-dealkylation sites (N-methyl/N-ethyl adjacent to an activating group) is 1. The van der Waals surface area contributed by atoms with Gasteiger partial charge in [0.2, 0.25) is 10.0 Å². The lowest BCUT2D eigenvalue weighted by Gasteiger charge is -2.24. The molecule has 1 aliphatic heterocycles. The SMILES string of the molecule is CC(C)N1CC[C@@H](N(C)S(C)(=O)=O)C1. The van der Waals surface area contributed by atoms with Crippen LogP contribution in [-0.4, -0.2) is 56.1 Å². The van der Waals surface area contributed by atoms with Gasteiger partial charge in [-0.3, -0.25) is 4.90 Å². The number of nitrogens with zero attached hydrogens (tertiary/aromatic N) is 2. The number of hydrogen-bond acceptors (Lipinski definition) is 3. The van der Waals surface area contributed by atoms with E-state index in [9.17, 15) is 8.42 Å². The Bertz CT molecular complexity index is 287. The van der Waals surface area contributed by atoms with Crippen molar-refractivity contribution in [2.75, 3.05) is 26.4 Å². The highest BCUT2D eigenvalue weighted by molar-refractivity contribution is 7.88. The van der Waals surface area contributed by atoms with Gasteiger partial charge in [0, 0.05) is 32.2 Å². The Balaban J connectivity index is 2.59. The van der Waals surface area contributed by atoms with Crippen LogP contribution >= 0.6 is 0 Å². The minimum absolute atomic E-state index is 0.160. The molecule has 0 aromatic heterocycles. The predicted octanol–water partition coefficient (Wildman–Crippen LogP) is 0.361. The summed E-state index contributed by atoms with van der Waals surface area (Å²) in [7, 11) is -1.36. The van der Waals surface area contributed by atoms with Gasteiger partial charge in [0.15, 0.2) is 0 Å². The zero-order valence-electron chi connectivity index (χ0n) is 9.40. The average Bonchev–Trinajstić information content (AvgIpc) is 2.48. The minimum atomic E-state index is -3.03. The summed E-state index contributed by atoms with van der Waals surface area (Å²) in [6.07, 6.45) is 2.22. The fraction of sp³-hybridized carbons (Fsp3) is 1.00. The number of sulfonamides is 1. The molecule has 1 aliphatic rings. The van der Waals surface area contributed by atoms with Crippen LogP contribution in [0.1, 0.15) is 20.3 Å². The zero-order chi connectivity index (χ0) is 10.9. The molecule has 1 rings (SSSR count). The minimum Gasteiger partial charge on any atom is -0.299 e. The molecule has 0 N–H and O–H groups in total. The van der Waals surface area contributed by atoms with E-state index >= 15 is 0 Å². The van der Waals surface area contributed by atoms with Crippen LogP contribution in [0.4, 0.5) is 0 Å². The molecule has 0 radical (unpaired) electrons. The summed E-state index contributed by atoms with van der Waals surface area (Å²) in [5, 5.41) is 0. The van der Waals surface area contributed by atoms with Gasteiger partial charge in [0.25, 0.3) is 0 Å². The van der Waals surface area contributed by atoms with Gasteiger partial charge in [0.05, 0.1) is 6.26 Å². The standard InChI is InChI=1S/C9H20N2O2S/c1-8(2)11-6-5-9(7-11)10(3)14(4,12)13/h8-9H,5-7H2,1-4H3/t9-/m1/s1. The highest BCUT2D eigenvalue weighted by Crippen LogP contribution is 2.18. The molecule has 1 atom stereocenters. The molecule has 4 nitrogen and oxygen atoms in total. The second kappa shape index (κ2) is 4.16. The van der Waals surface area contributed by atoms with E-state index in [-0.39, 0.29) is 6.04 Å². The van der Waals surface area contributed by atoms with Crippen LogP contribution in [0, 0.1) is 0 Å². The molecule has 0 aliphatic carbocycles. The Morgan fingerprint density at radius 1 is 1.43 bits per heavy atom. The molecule has 0 amide bonds. The summed E-state index contributed by atoms with van der Waals surface area (Å²) in [6, 6.07) is 0.667. The average molecular weight is 220 g/mol. The predicted molar refractivity (Wildman–Crippen MR) is 57.7 cm³/mol. The van der Waals surface area contributed by atoms with Gasteiger partial charge in [-0.05, 0) is 20.3 Å². The molecule has 0 aromatic carbocycles. The maximum atomic E-state index is 11.3. The van der Waals surface area contributed by atoms with Gasteiger partial charge in [-0.1, -0.05) is 0 Å².